The van der Waals surface area contributed by atoms with Crippen LogP contribution < -0.4 is 0 Å². The van der Waals surface area contributed by atoms with Crippen LogP contribution in [0.4, 0.5) is 13.2 Å². The maximum atomic E-state index is 13.5. The van der Waals surface area contributed by atoms with E-state index in [1.54, 1.807) is 0 Å². The largest absolute Gasteiger partial charge is 0.239 e. The van der Waals surface area contributed by atoms with E-state index in [1.807, 2.05) is 0 Å². The maximum Gasteiger partial charge on any atom is 0.186 e. The number of alkyl halides is 2. The molecule has 2 unspecified atom stereocenters. The molecule has 0 heterocycles. The molecule has 0 aliphatic heterocycles. The van der Waals surface area contributed by atoms with Gasteiger partial charge in [-0.05, 0) is 79.9 Å². The van der Waals surface area contributed by atoms with Crippen molar-refractivity contribution >= 4 is 0 Å². The molecular formula is C19H27F3. The molecule has 2 atom stereocenters. The second kappa shape index (κ2) is 6.80. The Labute approximate surface area is 131 Å². The van der Waals surface area contributed by atoms with Crippen molar-refractivity contribution in [1.82, 2.24) is 0 Å². The average molecular weight is 312 g/mol. The van der Waals surface area contributed by atoms with Crippen LogP contribution in [-0.2, 0) is 0 Å². The van der Waals surface area contributed by atoms with E-state index >= 15 is 0 Å². The highest BCUT2D eigenvalue weighted by molar-refractivity contribution is 5.32. The van der Waals surface area contributed by atoms with Crippen LogP contribution >= 0.6 is 0 Å². The Morgan fingerprint density at radius 3 is 1.95 bits per heavy atom. The van der Waals surface area contributed by atoms with Crippen molar-refractivity contribution in [2.24, 2.45) is 23.7 Å². The summed E-state index contributed by atoms with van der Waals surface area (Å²) in [5.41, 5.74) is 0.689. The van der Waals surface area contributed by atoms with Gasteiger partial charge in [0.25, 0.3) is 0 Å². The lowest BCUT2D eigenvalue weighted by molar-refractivity contribution is 0.157. The highest BCUT2D eigenvalue weighted by Gasteiger charge is 2.34. The van der Waals surface area contributed by atoms with E-state index in [0.29, 0.717) is 5.57 Å². The zero-order valence-electron chi connectivity index (χ0n) is 13.4. The zero-order chi connectivity index (χ0) is 15.7. The van der Waals surface area contributed by atoms with Crippen molar-refractivity contribution in [2.75, 3.05) is 0 Å². The maximum absolute atomic E-state index is 13.5. The molecule has 0 nitrogen and oxygen atoms in total. The van der Waals surface area contributed by atoms with Crippen molar-refractivity contribution < 1.29 is 13.2 Å². The van der Waals surface area contributed by atoms with Crippen molar-refractivity contribution in [3.8, 4) is 0 Å². The van der Waals surface area contributed by atoms with Gasteiger partial charge in [0.2, 0.25) is 0 Å². The Hall–Kier alpha value is -0.730. The third-order valence-electron chi connectivity index (χ3n) is 6.17. The molecule has 3 rings (SSSR count). The monoisotopic (exact) mass is 312 g/mol. The molecule has 3 aliphatic carbocycles. The first kappa shape index (κ1) is 16.1. The molecule has 0 aromatic carbocycles. The minimum Gasteiger partial charge on any atom is -0.239 e. The summed E-state index contributed by atoms with van der Waals surface area (Å²) in [6, 6.07) is 0. The van der Waals surface area contributed by atoms with Crippen LogP contribution in [0.15, 0.2) is 23.6 Å². The van der Waals surface area contributed by atoms with Gasteiger partial charge in [-0.15, -0.1) is 0 Å². The summed E-state index contributed by atoms with van der Waals surface area (Å²) in [6.07, 6.45) is 8.37. The number of halogens is 3. The summed E-state index contributed by atoms with van der Waals surface area (Å²) >= 11 is 0. The number of hydrogen-bond acceptors (Lipinski definition) is 0. The first-order valence-corrected chi connectivity index (χ1v) is 8.91. The van der Waals surface area contributed by atoms with Crippen LogP contribution in [0.25, 0.3) is 0 Å². The summed E-state index contributed by atoms with van der Waals surface area (Å²) in [6.45, 7) is 2.34. The fourth-order valence-electron chi connectivity index (χ4n) is 4.64. The Bertz CT molecular complexity index is 438. The van der Waals surface area contributed by atoms with E-state index < -0.39 is 18.2 Å². The molecule has 0 N–H and O–H groups in total. The van der Waals surface area contributed by atoms with E-state index in [1.165, 1.54) is 37.8 Å². The van der Waals surface area contributed by atoms with Gasteiger partial charge in [0, 0.05) is 0 Å². The third-order valence-corrected chi connectivity index (χ3v) is 6.17. The van der Waals surface area contributed by atoms with Crippen molar-refractivity contribution in [3.05, 3.63) is 23.6 Å². The molecule has 3 heteroatoms. The SMILES string of the molecule is CC1CCC(C2CCC(C3=CC(F)C(F)C(F)=C3)CC2)CC1. The van der Waals surface area contributed by atoms with Crippen molar-refractivity contribution in [3.63, 3.8) is 0 Å². The normalized spacial score (nSPS) is 43.5. The second-order valence-electron chi connectivity index (χ2n) is 7.67. The molecule has 0 aromatic rings. The van der Waals surface area contributed by atoms with Gasteiger partial charge < -0.3 is 0 Å². The summed E-state index contributed by atoms with van der Waals surface area (Å²) in [4.78, 5) is 0. The van der Waals surface area contributed by atoms with Gasteiger partial charge in [-0.1, -0.05) is 19.8 Å². The molecular weight excluding hydrogens is 285 g/mol. The number of rotatable bonds is 2. The van der Waals surface area contributed by atoms with Gasteiger partial charge >= 0.3 is 0 Å². The fraction of sp³-hybridized carbons (Fsp3) is 0.789. The molecule has 0 spiro atoms. The van der Waals surface area contributed by atoms with E-state index in [4.69, 9.17) is 0 Å². The van der Waals surface area contributed by atoms with E-state index in [0.717, 1.165) is 43.4 Å². The summed E-state index contributed by atoms with van der Waals surface area (Å²) in [5.74, 6) is 1.80. The van der Waals surface area contributed by atoms with Gasteiger partial charge in [-0.25, -0.2) is 13.2 Å². The van der Waals surface area contributed by atoms with Gasteiger partial charge in [-0.2, -0.15) is 0 Å². The van der Waals surface area contributed by atoms with Gasteiger partial charge in [0.15, 0.2) is 12.3 Å². The van der Waals surface area contributed by atoms with Crippen molar-refractivity contribution in [1.29, 1.82) is 0 Å². The molecule has 0 bridgehead atoms. The molecule has 2 fully saturated rings. The highest BCUT2D eigenvalue weighted by Crippen LogP contribution is 2.43. The molecule has 22 heavy (non-hydrogen) atoms. The van der Waals surface area contributed by atoms with Crippen LogP contribution in [0.1, 0.15) is 58.3 Å². The molecule has 124 valence electrons. The minimum atomic E-state index is -2.09. The summed E-state index contributed by atoms with van der Waals surface area (Å²) < 4.78 is 40.1. The van der Waals surface area contributed by atoms with Crippen molar-refractivity contribution in [2.45, 2.75) is 70.6 Å². The fourth-order valence-corrected chi connectivity index (χ4v) is 4.64. The summed E-state index contributed by atoms with van der Waals surface area (Å²) in [7, 11) is 0. The Kier molecular flexibility index (Phi) is 4.99. The lowest BCUT2D eigenvalue weighted by Crippen LogP contribution is -2.27. The average Bonchev–Trinajstić information content (AvgIpc) is 2.53. The molecule has 0 aromatic heterocycles. The van der Waals surface area contributed by atoms with E-state index in [2.05, 4.69) is 6.92 Å². The van der Waals surface area contributed by atoms with Crippen LogP contribution in [0.2, 0.25) is 0 Å². The zero-order valence-corrected chi connectivity index (χ0v) is 13.4. The molecule has 3 aliphatic rings. The first-order valence-electron chi connectivity index (χ1n) is 8.91. The van der Waals surface area contributed by atoms with E-state index in [-0.39, 0.29) is 5.92 Å². The molecule has 0 saturated heterocycles. The topological polar surface area (TPSA) is 0 Å². The first-order chi connectivity index (χ1) is 10.5. The van der Waals surface area contributed by atoms with Crippen LogP contribution in [0.5, 0.6) is 0 Å². The Morgan fingerprint density at radius 2 is 1.41 bits per heavy atom. The predicted octanol–water partition coefficient (Wildman–Crippen LogP) is 6.09. The predicted molar refractivity (Wildman–Crippen MR) is 83.6 cm³/mol. The lowest BCUT2D eigenvalue weighted by Gasteiger charge is -2.38. The Balaban J connectivity index is 1.55. The minimum absolute atomic E-state index is 0.218. The lowest BCUT2D eigenvalue weighted by atomic mass is 9.68. The van der Waals surface area contributed by atoms with Crippen LogP contribution in [-0.4, -0.2) is 12.3 Å². The standard InChI is InChI=1S/C19H27F3/c1-12-2-4-13(5-3-12)14-6-8-15(9-7-14)16-10-17(20)19(22)18(21)11-16/h10-15,17,19H,2-9H2,1H3. The summed E-state index contributed by atoms with van der Waals surface area (Å²) in [5, 5.41) is 0. The quantitative estimate of drug-likeness (QED) is 0.579. The van der Waals surface area contributed by atoms with Crippen LogP contribution in [0.3, 0.4) is 0 Å². The molecule has 2 saturated carbocycles. The number of allylic oxidation sites excluding steroid dienone is 4. The van der Waals surface area contributed by atoms with Gasteiger partial charge in [-0.3, -0.25) is 0 Å². The number of hydrogen-bond donors (Lipinski definition) is 0. The third kappa shape index (κ3) is 3.44. The second-order valence-corrected chi connectivity index (χ2v) is 7.67. The van der Waals surface area contributed by atoms with E-state index in [9.17, 15) is 13.2 Å². The Morgan fingerprint density at radius 1 is 0.864 bits per heavy atom. The van der Waals surface area contributed by atoms with Gasteiger partial charge in [0.05, 0.1) is 0 Å². The molecule has 0 amide bonds. The van der Waals surface area contributed by atoms with Gasteiger partial charge in [0.1, 0.15) is 5.83 Å². The molecule has 0 radical (unpaired) electrons. The highest BCUT2D eigenvalue weighted by atomic mass is 19.2. The smallest absolute Gasteiger partial charge is 0.186 e. The van der Waals surface area contributed by atoms with Crippen LogP contribution in [0, 0.1) is 23.7 Å².